The molecule has 6 heteroatoms. The van der Waals surface area contributed by atoms with Crippen LogP contribution in [0.3, 0.4) is 0 Å². The van der Waals surface area contributed by atoms with E-state index >= 15 is 0 Å². The number of phenolic OH excluding ortho intramolecular Hbond substituents is 1. The first-order valence-corrected chi connectivity index (χ1v) is 7.95. The normalized spacial score (nSPS) is 13.6. The van der Waals surface area contributed by atoms with Gasteiger partial charge in [0, 0.05) is 10.8 Å². The predicted octanol–water partition coefficient (Wildman–Crippen LogP) is 4.15. The second-order valence-corrected chi connectivity index (χ2v) is 7.16. The third kappa shape index (κ3) is 2.99. The molecule has 0 aliphatic carbocycles. The topological polar surface area (TPSA) is 82.1 Å². The van der Waals surface area contributed by atoms with Gasteiger partial charge >= 0.3 is 12.1 Å². The van der Waals surface area contributed by atoms with Crippen LogP contribution >= 0.6 is 0 Å². The number of esters is 1. The van der Waals surface area contributed by atoms with Crippen molar-refractivity contribution in [3.8, 4) is 11.5 Å². The minimum atomic E-state index is -0.876. The van der Waals surface area contributed by atoms with Gasteiger partial charge in [-0.1, -0.05) is 0 Å². The molecule has 0 saturated carbocycles. The number of aromatic hydroxyl groups is 1. The molecule has 0 unspecified atom stereocenters. The van der Waals surface area contributed by atoms with Crippen LogP contribution < -0.4 is 4.74 Å². The molecular weight excluding hydrogens is 324 g/mol. The highest BCUT2D eigenvalue weighted by Gasteiger charge is 2.33. The Morgan fingerprint density at radius 2 is 1.76 bits per heavy atom. The van der Waals surface area contributed by atoms with Gasteiger partial charge in [-0.05, 0) is 57.9 Å². The number of benzene rings is 2. The number of ether oxygens (including phenoxy) is 3. The summed E-state index contributed by atoms with van der Waals surface area (Å²) in [6.45, 7) is 8.93. The lowest BCUT2D eigenvalue weighted by atomic mass is 9.95. The van der Waals surface area contributed by atoms with Crippen molar-refractivity contribution in [2.45, 2.75) is 46.8 Å². The van der Waals surface area contributed by atoms with Gasteiger partial charge in [0.1, 0.15) is 29.3 Å². The zero-order chi connectivity index (χ0) is 18.5. The van der Waals surface area contributed by atoms with Crippen LogP contribution in [0.1, 0.15) is 47.8 Å². The van der Waals surface area contributed by atoms with Crippen LogP contribution in [0.15, 0.2) is 12.1 Å². The number of cyclic esters (lactones) is 1. The number of carbonyl (C=O) groups excluding carboxylic acids is 2. The number of hydrogen-bond donors (Lipinski definition) is 1. The lowest BCUT2D eigenvalue weighted by Crippen LogP contribution is -2.26. The van der Waals surface area contributed by atoms with E-state index in [1.54, 1.807) is 26.8 Å². The molecule has 2 aromatic rings. The maximum atomic E-state index is 12.2. The Bertz CT molecular complexity index is 905. The van der Waals surface area contributed by atoms with Gasteiger partial charge in [0.15, 0.2) is 0 Å². The van der Waals surface area contributed by atoms with Crippen molar-refractivity contribution < 1.29 is 28.9 Å². The number of hydrogen-bond acceptors (Lipinski definition) is 6. The quantitative estimate of drug-likeness (QED) is 0.618. The first-order valence-electron chi connectivity index (χ1n) is 7.95. The zero-order valence-electron chi connectivity index (χ0n) is 14.9. The van der Waals surface area contributed by atoms with Crippen LogP contribution in [-0.4, -0.2) is 22.8 Å². The fourth-order valence-corrected chi connectivity index (χ4v) is 2.79. The first-order chi connectivity index (χ1) is 11.6. The molecule has 1 N–H and O–H groups in total. The Kier molecular flexibility index (Phi) is 3.86. The molecule has 0 amide bonds. The minimum absolute atomic E-state index is 0.0364. The standard InChI is InChI=1S/C19H20O6/c1-9-6-11-12(7-10(9)2)16(24-18(22)25-19(3,4)5)13-8-23-17(21)14(13)15(11)20/h6-7,20H,8H2,1-5H3. The Labute approximate surface area is 145 Å². The Balaban J connectivity index is 2.23. The van der Waals surface area contributed by atoms with Crippen molar-refractivity contribution >= 4 is 22.9 Å². The van der Waals surface area contributed by atoms with Gasteiger partial charge in [-0.15, -0.1) is 0 Å². The molecule has 1 aliphatic rings. The first kappa shape index (κ1) is 17.1. The van der Waals surface area contributed by atoms with Gasteiger partial charge in [0.25, 0.3) is 0 Å². The average Bonchev–Trinajstić information content (AvgIpc) is 2.86. The Hall–Kier alpha value is -2.76. The number of phenols is 1. The van der Waals surface area contributed by atoms with E-state index in [2.05, 4.69) is 0 Å². The monoisotopic (exact) mass is 344 g/mol. The second-order valence-electron chi connectivity index (χ2n) is 7.16. The van der Waals surface area contributed by atoms with Crippen LogP contribution in [0.5, 0.6) is 11.5 Å². The van der Waals surface area contributed by atoms with Crippen LogP contribution in [-0.2, 0) is 16.1 Å². The molecule has 0 bridgehead atoms. The molecule has 2 aromatic carbocycles. The van der Waals surface area contributed by atoms with Crippen molar-refractivity contribution in [3.63, 3.8) is 0 Å². The SMILES string of the molecule is Cc1cc2c(O)c3c(c(OC(=O)OC(C)(C)C)c2cc1C)COC3=O. The summed E-state index contributed by atoms with van der Waals surface area (Å²) >= 11 is 0. The molecular formula is C19H20O6. The number of aryl methyl sites for hydroxylation is 2. The summed E-state index contributed by atoms with van der Waals surface area (Å²) < 4.78 is 15.7. The van der Waals surface area contributed by atoms with E-state index in [9.17, 15) is 14.7 Å². The summed E-state index contributed by atoms with van der Waals surface area (Å²) in [5, 5.41) is 11.5. The third-order valence-electron chi connectivity index (χ3n) is 4.07. The Morgan fingerprint density at radius 3 is 2.36 bits per heavy atom. The molecule has 1 heterocycles. The highest BCUT2D eigenvalue weighted by atomic mass is 16.7. The predicted molar refractivity (Wildman–Crippen MR) is 91.1 cm³/mol. The fourth-order valence-electron chi connectivity index (χ4n) is 2.79. The van der Waals surface area contributed by atoms with Gasteiger partial charge in [-0.3, -0.25) is 0 Å². The maximum absolute atomic E-state index is 12.2. The van der Waals surface area contributed by atoms with Crippen LogP contribution in [0.25, 0.3) is 10.8 Å². The largest absolute Gasteiger partial charge is 0.514 e. The van der Waals surface area contributed by atoms with Crippen molar-refractivity contribution in [3.05, 3.63) is 34.4 Å². The van der Waals surface area contributed by atoms with E-state index in [1.165, 1.54) is 0 Å². The van der Waals surface area contributed by atoms with E-state index in [0.717, 1.165) is 11.1 Å². The molecule has 0 saturated heterocycles. The average molecular weight is 344 g/mol. The second kappa shape index (κ2) is 5.65. The summed E-state index contributed by atoms with van der Waals surface area (Å²) in [5.41, 5.74) is 1.58. The lowest BCUT2D eigenvalue weighted by Gasteiger charge is -2.20. The maximum Gasteiger partial charge on any atom is 0.514 e. The summed E-state index contributed by atoms with van der Waals surface area (Å²) in [7, 11) is 0. The molecule has 25 heavy (non-hydrogen) atoms. The van der Waals surface area contributed by atoms with E-state index in [1.807, 2.05) is 19.9 Å². The van der Waals surface area contributed by atoms with E-state index in [-0.39, 0.29) is 23.7 Å². The summed E-state index contributed by atoms with van der Waals surface area (Å²) in [5.74, 6) is -0.611. The summed E-state index contributed by atoms with van der Waals surface area (Å²) in [6.07, 6.45) is -0.876. The zero-order valence-corrected chi connectivity index (χ0v) is 14.9. The van der Waals surface area contributed by atoms with E-state index in [4.69, 9.17) is 14.2 Å². The fraction of sp³-hybridized carbons (Fsp3) is 0.368. The third-order valence-corrected chi connectivity index (χ3v) is 4.07. The Morgan fingerprint density at radius 1 is 1.16 bits per heavy atom. The van der Waals surface area contributed by atoms with Gasteiger partial charge in [0.05, 0.1) is 5.56 Å². The van der Waals surface area contributed by atoms with E-state index < -0.39 is 17.7 Å². The van der Waals surface area contributed by atoms with Gasteiger partial charge < -0.3 is 19.3 Å². The smallest absolute Gasteiger partial charge is 0.506 e. The number of rotatable bonds is 1. The van der Waals surface area contributed by atoms with Gasteiger partial charge in [0.2, 0.25) is 0 Å². The molecule has 0 radical (unpaired) electrons. The molecule has 1 aliphatic heterocycles. The van der Waals surface area contributed by atoms with Crippen molar-refractivity contribution in [2.24, 2.45) is 0 Å². The molecule has 0 atom stereocenters. The van der Waals surface area contributed by atoms with Crippen LogP contribution in [0.4, 0.5) is 4.79 Å². The summed E-state index contributed by atoms with van der Waals surface area (Å²) in [6, 6.07) is 3.57. The molecule has 0 fully saturated rings. The van der Waals surface area contributed by atoms with Crippen molar-refractivity contribution in [1.82, 2.24) is 0 Å². The molecule has 0 aromatic heterocycles. The lowest BCUT2D eigenvalue weighted by molar-refractivity contribution is 0.0206. The van der Waals surface area contributed by atoms with Crippen molar-refractivity contribution in [1.29, 1.82) is 0 Å². The minimum Gasteiger partial charge on any atom is -0.506 e. The number of carbonyl (C=O) groups is 2. The summed E-state index contributed by atoms with van der Waals surface area (Å²) in [4.78, 5) is 24.2. The van der Waals surface area contributed by atoms with Gasteiger partial charge in [-0.2, -0.15) is 0 Å². The van der Waals surface area contributed by atoms with Crippen LogP contribution in [0, 0.1) is 13.8 Å². The van der Waals surface area contributed by atoms with Gasteiger partial charge in [-0.25, -0.2) is 9.59 Å². The molecule has 3 rings (SSSR count). The molecule has 0 spiro atoms. The molecule has 132 valence electrons. The molecule has 6 nitrogen and oxygen atoms in total. The van der Waals surface area contributed by atoms with Crippen molar-refractivity contribution in [2.75, 3.05) is 0 Å². The highest BCUT2D eigenvalue weighted by molar-refractivity contribution is 6.08. The van der Waals surface area contributed by atoms with Crippen LogP contribution in [0.2, 0.25) is 0 Å². The van der Waals surface area contributed by atoms with E-state index in [0.29, 0.717) is 16.3 Å². The number of fused-ring (bicyclic) bond motifs is 2. The highest BCUT2D eigenvalue weighted by Crippen LogP contribution is 2.44.